The Labute approximate surface area is 188 Å². The fraction of sp³-hybridized carbons (Fsp3) is 0.556. The minimum absolute atomic E-state index is 0.202. The average molecular weight is 425 g/mol. The van der Waals surface area contributed by atoms with Gasteiger partial charge in [-0.2, -0.15) is 0 Å². The molecule has 0 aromatic heterocycles. The molecule has 0 unspecified atom stereocenters. The lowest BCUT2D eigenvalue weighted by molar-refractivity contribution is 0.451. The highest BCUT2D eigenvalue weighted by Crippen LogP contribution is 2.43. The van der Waals surface area contributed by atoms with E-state index in [1.54, 1.807) is 0 Å². The van der Waals surface area contributed by atoms with Crippen molar-refractivity contribution in [3.05, 3.63) is 53.6 Å². The van der Waals surface area contributed by atoms with Crippen molar-refractivity contribution in [2.24, 2.45) is 0 Å². The highest BCUT2D eigenvalue weighted by Gasteiger charge is 2.28. The van der Waals surface area contributed by atoms with Crippen molar-refractivity contribution in [1.82, 2.24) is 0 Å². The van der Waals surface area contributed by atoms with Gasteiger partial charge in [-0.1, -0.05) is 51.0 Å². The summed E-state index contributed by atoms with van der Waals surface area (Å²) in [5.41, 5.74) is 5.67. The van der Waals surface area contributed by atoms with E-state index < -0.39 is 0 Å². The minimum atomic E-state index is 0.202. The van der Waals surface area contributed by atoms with E-state index in [1.165, 1.54) is 53.1 Å². The molecular formula is C27H40N2S. The van der Waals surface area contributed by atoms with Crippen LogP contribution in [0.4, 0.5) is 11.4 Å². The number of anilines is 2. The summed E-state index contributed by atoms with van der Waals surface area (Å²) in [5, 5.41) is 3.66. The van der Waals surface area contributed by atoms with E-state index in [-0.39, 0.29) is 10.2 Å². The van der Waals surface area contributed by atoms with Crippen molar-refractivity contribution >= 4 is 23.1 Å². The number of fused-ring (bicyclic) bond motifs is 1. The van der Waals surface area contributed by atoms with Gasteiger partial charge in [-0.25, -0.2) is 0 Å². The van der Waals surface area contributed by atoms with E-state index in [9.17, 15) is 0 Å². The molecule has 0 bridgehead atoms. The van der Waals surface area contributed by atoms with Gasteiger partial charge in [0.05, 0.1) is 0 Å². The van der Waals surface area contributed by atoms with Gasteiger partial charge in [0.2, 0.25) is 0 Å². The van der Waals surface area contributed by atoms with Crippen LogP contribution in [0.3, 0.4) is 0 Å². The topological polar surface area (TPSA) is 15.3 Å². The number of benzene rings is 2. The maximum atomic E-state index is 3.66. The standard InChI is InChI=1S/C27H40N2S/c1-7-17-29(23-13-10-21(2)11-14-23)18-9-8-16-26(3,4)22-12-15-25-24(19-22)28-20-27(5,6)30-25/h10-15,19,28H,7-9,16-18,20H2,1-6H3. The minimum Gasteiger partial charge on any atom is -0.383 e. The smallest absolute Gasteiger partial charge is 0.0482 e. The molecule has 2 nitrogen and oxygen atoms in total. The number of hydrogen-bond donors (Lipinski definition) is 1. The molecule has 164 valence electrons. The number of unbranched alkanes of at least 4 members (excludes halogenated alkanes) is 1. The number of aryl methyl sites for hydroxylation is 1. The second-order valence-corrected chi connectivity index (χ2v) is 11.8. The maximum Gasteiger partial charge on any atom is 0.0482 e. The molecule has 0 saturated carbocycles. The van der Waals surface area contributed by atoms with Gasteiger partial charge in [0.15, 0.2) is 0 Å². The summed E-state index contributed by atoms with van der Waals surface area (Å²) in [7, 11) is 0. The Morgan fingerprint density at radius 2 is 1.77 bits per heavy atom. The van der Waals surface area contributed by atoms with Crippen molar-refractivity contribution in [3.63, 3.8) is 0 Å². The summed E-state index contributed by atoms with van der Waals surface area (Å²) in [5.74, 6) is 0. The molecular weight excluding hydrogens is 384 g/mol. The van der Waals surface area contributed by atoms with Crippen LogP contribution in [0.15, 0.2) is 47.4 Å². The third-order valence-electron chi connectivity index (χ3n) is 6.22. The normalized spacial score (nSPS) is 15.4. The van der Waals surface area contributed by atoms with Gasteiger partial charge >= 0.3 is 0 Å². The van der Waals surface area contributed by atoms with Crippen molar-refractivity contribution in [3.8, 4) is 0 Å². The molecule has 0 fully saturated rings. The summed E-state index contributed by atoms with van der Waals surface area (Å²) in [4.78, 5) is 3.94. The van der Waals surface area contributed by atoms with Crippen LogP contribution in [0.1, 0.15) is 71.4 Å². The number of nitrogens with zero attached hydrogens (tertiary/aromatic N) is 1. The predicted molar refractivity (Wildman–Crippen MR) is 135 cm³/mol. The third kappa shape index (κ3) is 5.97. The van der Waals surface area contributed by atoms with Gasteiger partial charge in [-0.3, -0.25) is 0 Å². The summed E-state index contributed by atoms with van der Waals surface area (Å²) >= 11 is 1.99. The first-order valence-corrected chi connectivity index (χ1v) is 12.4. The number of thioether (sulfide) groups is 1. The van der Waals surface area contributed by atoms with E-state index >= 15 is 0 Å². The van der Waals surface area contributed by atoms with Gasteiger partial charge in [0, 0.05) is 40.7 Å². The zero-order valence-corrected chi connectivity index (χ0v) is 20.7. The van der Waals surface area contributed by atoms with Crippen LogP contribution in [0, 0.1) is 6.92 Å². The Hall–Kier alpha value is -1.61. The first kappa shape index (κ1) is 23.1. The summed E-state index contributed by atoms with van der Waals surface area (Å²) in [6.45, 7) is 17.2. The zero-order chi connectivity index (χ0) is 21.8. The van der Waals surface area contributed by atoms with Gasteiger partial charge in [-0.05, 0) is 75.3 Å². The van der Waals surface area contributed by atoms with Crippen LogP contribution in [0.25, 0.3) is 0 Å². The summed E-state index contributed by atoms with van der Waals surface area (Å²) in [6.07, 6.45) is 4.91. The van der Waals surface area contributed by atoms with Gasteiger partial charge in [0.25, 0.3) is 0 Å². The molecule has 1 aliphatic rings. The van der Waals surface area contributed by atoms with E-state index in [0.29, 0.717) is 0 Å². The van der Waals surface area contributed by atoms with Crippen LogP contribution in [-0.4, -0.2) is 24.4 Å². The number of hydrogen-bond acceptors (Lipinski definition) is 3. The highest BCUT2D eigenvalue weighted by atomic mass is 32.2. The Bertz CT molecular complexity index is 823. The zero-order valence-electron chi connectivity index (χ0n) is 19.8. The summed E-state index contributed by atoms with van der Waals surface area (Å²) < 4.78 is 0.270. The molecule has 0 atom stereocenters. The fourth-order valence-corrected chi connectivity index (χ4v) is 5.35. The fourth-order valence-electron chi connectivity index (χ4n) is 4.23. The largest absolute Gasteiger partial charge is 0.383 e. The monoisotopic (exact) mass is 424 g/mol. The molecule has 1 N–H and O–H groups in total. The number of rotatable bonds is 9. The molecule has 1 heterocycles. The number of nitrogens with one attached hydrogen (secondary N) is 1. The molecule has 0 spiro atoms. The molecule has 30 heavy (non-hydrogen) atoms. The second-order valence-electron chi connectivity index (χ2n) is 10.1. The van der Waals surface area contributed by atoms with Crippen molar-refractivity contribution in [1.29, 1.82) is 0 Å². The SMILES string of the molecule is CCCN(CCCCC(C)(C)c1ccc2c(c1)NCC(C)(C)S2)c1ccc(C)cc1. The van der Waals surface area contributed by atoms with Gasteiger partial charge in [-0.15, -0.1) is 11.8 Å². The highest BCUT2D eigenvalue weighted by molar-refractivity contribution is 8.00. The van der Waals surface area contributed by atoms with Crippen molar-refractivity contribution in [2.75, 3.05) is 29.9 Å². The van der Waals surface area contributed by atoms with Crippen LogP contribution >= 0.6 is 11.8 Å². The van der Waals surface area contributed by atoms with Crippen LogP contribution in [0.5, 0.6) is 0 Å². The molecule has 0 amide bonds. The van der Waals surface area contributed by atoms with Crippen LogP contribution < -0.4 is 10.2 Å². The molecule has 2 aromatic carbocycles. The molecule has 3 rings (SSSR count). The van der Waals surface area contributed by atoms with E-state index in [0.717, 1.165) is 19.6 Å². The second kappa shape index (κ2) is 9.68. The quantitative estimate of drug-likeness (QED) is 0.416. The molecule has 0 aliphatic carbocycles. The first-order chi connectivity index (χ1) is 14.2. The predicted octanol–water partition coefficient (Wildman–Crippen LogP) is 7.66. The van der Waals surface area contributed by atoms with Gasteiger partial charge < -0.3 is 10.2 Å². The molecule has 3 heteroatoms. The first-order valence-electron chi connectivity index (χ1n) is 11.6. The van der Waals surface area contributed by atoms with E-state index in [2.05, 4.69) is 94.2 Å². The Morgan fingerprint density at radius 1 is 1.03 bits per heavy atom. The third-order valence-corrected chi connectivity index (χ3v) is 7.50. The average Bonchev–Trinajstić information content (AvgIpc) is 2.70. The molecule has 2 aromatic rings. The lowest BCUT2D eigenvalue weighted by Crippen LogP contribution is -2.30. The maximum absolute atomic E-state index is 3.66. The van der Waals surface area contributed by atoms with Crippen molar-refractivity contribution < 1.29 is 0 Å². The lowest BCUT2D eigenvalue weighted by Gasteiger charge is -2.33. The van der Waals surface area contributed by atoms with Crippen LogP contribution in [0.2, 0.25) is 0 Å². The molecule has 1 aliphatic heterocycles. The Balaban J connectivity index is 1.56. The lowest BCUT2D eigenvalue weighted by atomic mass is 9.80. The van der Waals surface area contributed by atoms with E-state index in [4.69, 9.17) is 0 Å². The van der Waals surface area contributed by atoms with Gasteiger partial charge in [0.1, 0.15) is 0 Å². The molecule has 0 saturated heterocycles. The Morgan fingerprint density at radius 3 is 2.47 bits per heavy atom. The van der Waals surface area contributed by atoms with Crippen molar-refractivity contribution in [2.45, 2.75) is 82.3 Å². The molecule has 0 radical (unpaired) electrons. The van der Waals surface area contributed by atoms with Crippen LogP contribution in [-0.2, 0) is 5.41 Å². The summed E-state index contributed by atoms with van der Waals surface area (Å²) in [6, 6.07) is 16.1. The Kier molecular flexibility index (Phi) is 7.44. The van der Waals surface area contributed by atoms with E-state index in [1.807, 2.05) is 11.8 Å².